The first kappa shape index (κ1) is 9.64. The van der Waals surface area contributed by atoms with Gasteiger partial charge in [-0.05, 0) is 13.8 Å². The smallest absolute Gasteiger partial charge is 0.256 e. The summed E-state index contributed by atoms with van der Waals surface area (Å²) in [6, 6.07) is 1.48. The summed E-state index contributed by atoms with van der Waals surface area (Å²) in [5, 5.41) is 9.34. The molecule has 0 fully saturated rings. The number of methoxy groups -OCH3 is 1. The Hall–Kier alpha value is -1.45. The summed E-state index contributed by atoms with van der Waals surface area (Å²) in [4.78, 5) is 3.85. The highest BCUT2D eigenvalue weighted by atomic mass is 16.5. The molecule has 13 heavy (non-hydrogen) atoms. The molecule has 0 aliphatic rings. The van der Waals surface area contributed by atoms with E-state index in [1.807, 2.05) is 13.8 Å². The molecule has 0 atom stereocenters. The molecule has 0 aromatic carbocycles. The lowest BCUT2D eigenvalue weighted by Crippen LogP contribution is -2.05. The quantitative estimate of drug-likeness (QED) is 0.773. The van der Waals surface area contributed by atoms with E-state index >= 15 is 0 Å². The first-order valence-corrected chi connectivity index (χ1v) is 4.03. The number of aromatic hydroxyl groups is 1. The molecule has 0 unspecified atom stereocenters. The van der Waals surface area contributed by atoms with Crippen LogP contribution < -0.4 is 9.47 Å². The SMILES string of the molecule is COc1ncc(OC(C)C)cc1O. The Kier molecular flexibility index (Phi) is 2.95. The molecule has 72 valence electrons. The van der Waals surface area contributed by atoms with E-state index in [9.17, 15) is 5.11 Å². The molecule has 0 saturated heterocycles. The molecule has 1 heterocycles. The van der Waals surface area contributed by atoms with Crippen molar-refractivity contribution in [1.82, 2.24) is 4.98 Å². The third kappa shape index (κ3) is 2.50. The van der Waals surface area contributed by atoms with Crippen molar-refractivity contribution in [2.24, 2.45) is 0 Å². The standard InChI is InChI=1S/C9H13NO3/c1-6(2)13-7-4-8(11)9(12-3)10-5-7/h4-6,11H,1-3H3. The van der Waals surface area contributed by atoms with Crippen LogP contribution in [0.3, 0.4) is 0 Å². The minimum Gasteiger partial charge on any atom is -0.503 e. The Morgan fingerprint density at radius 2 is 2.15 bits per heavy atom. The molecule has 0 saturated carbocycles. The van der Waals surface area contributed by atoms with Crippen LogP contribution in [-0.2, 0) is 0 Å². The zero-order chi connectivity index (χ0) is 9.84. The van der Waals surface area contributed by atoms with Crippen molar-refractivity contribution in [1.29, 1.82) is 0 Å². The van der Waals surface area contributed by atoms with E-state index in [4.69, 9.17) is 9.47 Å². The summed E-state index contributed by atoms with van der Waals surface area (Å²) in [5.74, 6) is 0.727. The van der Waals surface area contributed by atoms with Gasteiger partial charge in [-0.1, -0.05) is 0 Å². The van der Waals surface area contributed by atoms with Gasteiger partial charge >= 0.3 is 0 Å². The largest absolute Gasteiger partial charge is 0.503 e. The number of aromatic nitrogens is 1. The van der Waals surface area contributed by atoms with Gasteiger partial charge in [-0.3, -0.25) is 0 Å². The Bertz CT molecular complexity index is 286. The Labute approximate surface area is 77.1 Å². The molecule has 0 spiro atoms. The number of hydrogen-bond donors (Lipinski definition) is 1. The topological polar surface area (TPSA) is 51.6 Å². The molecule has 0 aliphatic carbocycles. The van der Waals surface area contributed by atoms with E-state index in [-0.39, 0.29) is 17.7 Å². The molecule has 0 radical (unpaired) electrons. The van der Waals surface area contributed by atoms with Crippen molar-refractivity contribution in [3.63, 3.8) is 0 Å². The highest BCUT2D eigenvalue weighted by Gasteiger charge is 2.05. The summed E-state index contributed by atoms with van der Waals surface area (Å²) in [6.07, 6.45) is 1.58. The molecular formula is C9H13NO3. The van der Waals surface area contributed by atoms with E-state index < -0.39 is 0 Å². The van der Waals surface area contributed by atoms with Crippen LogP contribution >= 0.6 is 0 Å². The van der Waals surface area contributed by atoms with E-state index in [0.29, 0.717) is 5.75 Å². The first-order valence-electron chi connectivity index (χ1n) is 4.03. The van der Waals surface area contributed by atoms with Gasteiger partial charge in [0.2, 0.25) is 0 Å². The van der Waals surface area contributed by atoms with Gasteiger partial charge in [0.25, 0.3) is 5.88 Å². The van der Waals surface area contributed by atoms with E-state index in [2.05, 4.69) is 4.98 Å². The van der Waals surface area contributed by atoms with Crippen LogP contribution in [0.1, 0.15) is 13.8 Å². The van der Waals surface area contributed by atoms with Gasteiger partial charge in [0.15, 0.2) is 5.75 Å². The van der Waals surface area contributed by atoms with Gasteiger partial charge in [-0.2, -0.15) is 0 Å². The van der Waals surface area contributed by atoms with Crippen molar-refractivity contribution in [2.45, 2.75) is 20.0 Å². The summed E-state index contributed by atoms with van der Waals surface area (Å²) >= 11 is 0. The van der Waals surface area contributed by atoms with E-state index in [0.717, 1.165) is 0 Å². The van der Waals surface area contributed by atoms with Crippen molar-refractivity contribution in [3.05, 3.63) is 12.3 Å². The average molecular weight is 183 g/mol. The van der Waals surface area contributed by atoms with Gasteiger partial charge in [0, 0.05) is 6.07 Å². The van der Waals surface area contributed by atoms with Crippen molar-refractivity contribution in [3.8, 4) is 17.4 Å². The summed E-state index contributed by atoms with van der Waals surface area (Å²) < 4.78 is 10.1. The lowest BCUT2D eigenvalue weighted by molar-refractivity contribution is 0.239. The predicted molar refractivity (Wildman–Crippen MR) is 48.2 cm³/mol. The van der Waals surface area contributed by atoms with Crippen molar-refractivity contribution < 1.29 is 14.6 Å². The molecule has 0 bridgehead atoms. The minimum atomic E-state index is -0.0133. The molecule has 1 rings (SSSR count). The van der Waals surface area contributed by atoms with Gasteiger partial charge in [-0.15, -0.1) is 0 Å². The van der Waals surface area contributed by atoms with Crippen molar-refractivity contribution >= 4 is 0 Å². The number of ether oxygens (including phenoxy) is 2. The van der Waals surface area contributed by atoms with Gasteiger partial charge in [-0.25, -0.2) is 4.98 Å². The highest BCUT2D eigenvalue weighted by molar-refractivity contribution is 5.37. The summed E-state index contributed by atoms with van der Waals surface area (Å²) in [6.45, 7) is 3.81. The van der Waals surface area contributed by atoms with Gasteiger partial charge < -0.3 is 14.6 Å². The second-order valence-electron chi connectivity index (χ2n) is 2.87. The Balaban J connectivity index is 2.83. The molecule has 1 aromatic rings. The molecule has 4 nitrogen and oxygen atoms in total. The molecule has 0 amide bonds. The van der Waals surface area contributed by atoms with Crippen LogP contribution in [0.4, 0.5) is 0 Å². The monoisotopic (exact) mass is 183 g/mol. The maximum absolute atomic E-state index is 9.34. The molecule has 4 heteroatoms. The van der Waals surface area contributed by atoms with E-state index in [1.165, 1.54) is 19.4 Å². The molecule has 1 N–H and O–H groups in total. The lowest BCUT2D eigenvalue weighted by atomic mass is 10.4. The number of pyridine rings is 1. The zero-order valence-electron chi connectivity index (χ0n) is 7.94. The summed E-state index contributed by atoms with van der Waals surface area (Å²) in [7, 11) is 1.45. The third-order valence-electron chi connectivity index (χ3n) is 1.37. The zero-order valence-corrected chi connectivity index (χ0v) is 7.94. The number of nitrogens with zero attached hydrogens (tertiary/aromatic N) is 1. The fourth-order valence-corrected chi connectivity index (χ4v) is 0.916. The lowest BCUT2D eigenvalue weighted by Gasteiger charge is -2.10. The third-order valence-corrected chi connectivity index (χ3v) is 1.37. The Morgan fingerprint density at radius 3 is 2.62 bits per heavy atom. The van der Waals surface area contributed by atoms with Crippen molar-refractivity contribution in [2.75, 3.05) is 7.11 Å². The average Bonchev–Trinajstić information content (AvgIpc) is 2.03. The van der Waals surface area contributed by atoms with E-state index in [1.54, 1.807) is 0 Å². The predicted octanol–water partition coefficient (Wildman–Crippen LogP) is 1.58. The fraction of sp³-hybridized carbons (Fsp3) is 0.444. The maximum Gasteiger partial charge on any atom is 0.256 e. The van der Waals surface area contributed by atoms with Crippen LogP contribution in [0.15, 0.2) is 12.3 Å². The summed E-state index contributed by atoms with van der Waals surface area (Å²) in [5.41, 5.74) is 0. The normalized spacial score (nSPS) is 10.2. The molecule has 0 aliphatic heterocycles. The first-order chi connectivity index (χ1) is 6.13. The van der Waals surface area contributed by atoms with Crippen LogP contribution in [0.5, 0.6) is 17.4 Å². The maximum atomic E-state index is 9.34. The highest BCUT2D eigenvalue weighted by Crippen LogP contribution is 2.26. The van der Waals surface area contributed by atoms with Crippen LogP contribution in [0.25, 0.3) is 0 Å². The van der Waals surface area contributed by atoms with Gasteiger partial charge in [0.05, 0.1) is 19.4 Å². The minimum absolute atomic E-state index is 0.0133. The van der Waals surface area contributed by atoms with Crippen LogP contribution in [-0.4, -0.2) is 23.3 Å². The number of hydrogen-bond acceptors (Lipinski definition) is 4. The Morgan fingerprint density at radius 1 is 1.46 bits per heavy atom. The molecular weight excluding hydrogens is 170 g/mol. The fourth-order valence-electron chi connectivity index (χ4n) is 0.916. The number of rotatable bonds is 3. The van der Waals surface area contributed by atoms with Crippen LogP contribution in [0.2, 0.25) is 0 Å². The second kappa shape index (κ2) is 3.98. The second-order valence-corrected chi connectivity index (χ2v) is 2.87. The molecule has 1 aromatic heterocycles. The van der Waals surface area contributed by atoms with Crippen LogP contribution in [0, 0.1) is 0 Å². The van der Waals surface area contributed by atoms with Gasteiger partial charge in [0.1, 0.15) is 5.75 Å².